The molecule has 0 spiro atoms. The van der Waals surface area contributed by atoms with Crippen molar-refractivity contribution in [3.8, 4) is 0 Å². The summed E-state index contributed by atoms with van der Waals surface area (Å²) in [6.45, 7) is 10.1. The van der Waals surface area contributed by atoms with Gasteiger partial charge in [-0.1, -0.05) is 73.3 Å². The van der Waals surface area contributed by atoms with Gasteiger partial charge in [-0.05, 0) is 78.4 Å². The zero-order valence-corrected chi connectivity index (χ0v) is 18.9. The van der Waals surface area contributed by atoms with Gasteiger partial charge in [0.05, 0.1) is 13.2 Å². The molecule has 2 nitrogen and oxygen atoms in total. The minimum Gasteiger partial charge on any atom is -0.499 e. The summed E-state index contributed by atoms with van der Waals surface area (Å²) in [4.78, 5) is 0. The zero-order chi connectivity index (χ0) is 22.2. The number of anilines is 1. The van der Waals surface area contributed by atoms with Gasteiger partial charge in [-0.25, -0.2) is 0 Å². The fourth-order valence-corrected chi connectivity index (χ4v) is 3.53. The first-order chi connectivity index (χ1) is 15.0. The Bertz CT molecular complexity index is 1080. The predicted molar refractivity (Wildman–Crippen MR) is 134 cm³/mol. The van der Waals surface area contributed by atoms with Crippen molar-refractivity contribution in [2.45, 2.75) is 26.8 Å². The van der Waals surface area contributed by atoms with E-state index in [0.717, 1.165) is 17.0 Å². The van der Waals surface area contributed by atoms with E-state index in [9.17, 15) is 0 Å². The van der Waals surface area contributed by atoms with Crippen LogP contribution in [0.15, 0.2) is 97.3 Å². The highest BCUT2D eigenvalue weighted by molar-refractivity contribution is 5.91. The van der Waals surface area contributed by atoms with Crippen molar-refractivity contribution in [1.29, 1.82) is 0 Å². The third kappa shape index (κ3) is 5.76. The zero-order valence-electron chi connectivity index (χ0n) is 18.9. The topological polar surface area (TPSA) is 21.3 Å². The van der Waals surface area contributed by atoms with Gasteiger partial charge in [-0.2, -0.15) is 0 Å². The van der Waals surface area contributed by atoms with Crippen LogP contribution >= 0.6 is 0 Å². The first-order valence-electron chi connectivity index (χ1n) is 10.6. The van der Waals surface area contributed by atoms with Gasteiger partial charge in [0.2, 0.25) is 0 Å². The Labute approximate surface area is 186 Å². The van der Waals surface area contributed by atoms with Gasteiger partial charge in [0.25, 0.3) is 0 Å². The largest absolute Gasteiger partial charge is 0.499 e. The van der Waals surface area contributed by atoms with Crippen LogP contribution in [0.1, 0.15) is 34.7 Å². The lowest BCUT2D eigenvalue weighted by Crippen LogP contribution is -2.19. The van der Waals surface area contributed by atoms with Crippen molar-refractivity contribution < 1.29 is 4.74 Å². The number of hydrogen-bond acceptors (Lipinski definition) is 2. The lowest BCUT2D eigenvalue weighted by Gasteiger charge is -2.17. The van der Waals surface area contributed by atoms with Crippen LogP contribution in [0.3, 0.4) is 0 Å². The molecule has 0 aliphatic carbocycles. The van der Waals surface area contributed by atoms with Gasteiger partial charge in [0.1, 0.15) is 5.76 Å². The third-order valence-electron chi connectivity index (χ3n) is 5.45. The first-order valence-corrected chi connectivity index (χ1v) is 10.6. The monoisotopic (exact) mass is 409 g/mol. The van der Waals surface area contributed by atoms with E-state index >= 15 is 0 Å². The number of nitrogens with one attached hydrogen (secondary N) is 1. The summed E-state index contributed by atoms with van der Waals surface area (Å²) in [6.07, 6.45) is 5.87. The smallest absolute Gasteiger partial charge is 0.117 e. The molecule has 1 N–H and O–H groups in total. The Kier molecular flexibility index (Phi) is 7.50. The number of hydrogen-bond donors (Lipinski definition) is 1. The molecule has 0 fully saturated rings. The van der Waals surface area contributed by atoms with Crippen molar-refractivity contribution >= 4 is 17.3 Å². The van der Waals surface area contributed by atoms with Gasteiger partial charge in [-0.15, -0.1) is 0 Å². The summed E-state index contributed by atoms with van der Waals surface area (Å²) in [7, 11) is 1.68. The van der Waals surface area contributed by atoms with E-state index in [0.29, 0.717) is 0 Å². The van der Waals surface area contributed by atoms with Crippen LogP contribution in [-0.2, 0) is 4.74 Å². The summed E-state index contributed by atoms with van der Waals surface area (Å²) in [5, 5.41) is 3.47. The molecule has 0 amide bonds. The molecule has 158 valence electrons. The molecule has 0 aliphatic heterocycles. The number of ether oxygens (including phenoxy) is 1. The lowest BCUT2D eigenvalue weighted by atomic mass is 9.93. The first kappa shape index (κ1) is 22.2. The Balaban J connectivity index is 1.91. The number of methoxy groups -OCH3 is 1. The van der Waals surface area contributed by atoms with E-state index in [1.807, 2.05) is 6.08 Å². The van der Waals surface area contributed by atoms with Gasteiger partial charge in [0.15, 0.2) is 0 Å². The molecule has 0 aliphatic rings. The minimum atomic E-state index is 0.0554. The van der Waals surface area contributed by atoms with Crippen LogP contribution in [0.2, 0.25) is 0 Å². The highest BCUT2D eigenvalue weighted by Gasteiger charge is 2.09. The van der Waals surface area contributed by atoms with E-state index in [-0.39, 0.29) is 6.04 Å². The lowest BCUT2D eigenvalue weighted by molar-refractivity contribution is 0.273. The Morgan fingerprint density at radius 1 is 0.903 bits per heavy atom. The molecule has 31 heavy (non-hydrogen) atoms. The van der Waals surface area contributed by atoms with Crippen molar-refractivity contribution in [3.63, 3.8) is 0 Å². The maximum Gasteiger partial charge on any atom is 0.117 e. The van der Waals surface area contributed by atoms with E-state index < -0.39 is 0 Å². The standard InChI is InChI=1S/C29H31NO/c1-6-10-29(31-5)23(4)30-27-17-14-24(15-18-27)20-28(25-11-8-7-9-12-25)26-16-13-21(2)22(3)19-26/h6-20,23,30H,1H2,2-5H3/b28-20+,29-10-/t23-/m1/s1. The molecular weight excluding hydrogens is 378 g/mol. The van der Waals surface area contributed by atoms with Crippen molar-refractivity contribution in [2.24, 2.45) is 0 Å². The number of aryl methyl sites for hydroxylation is 2. The molecule has 1 atom stereocenters. The Morgan fingerprint density at radius 3 is 2.23 bits per heavy atom. The molecular formula is C29H31NO. The molecule has 0 bridgehead atoms. The van der Waals surface area contributed by atoms with Crippen molar-refractivity contribution in [1.82, 2.24) is 0 Å². The molecule has 2 heteroatoms. The van der Waals surface area contributed by atoms with Gasteiger partial charge >= 0.3 is 0 Å². The average molecular weight is 410 g/mol. The summed E-state index contributed by atoms with van der Waals surface area (Å²) in [6, 6.07) is 25.8. The molecule has 3 aromatic rings. The van der Waals surface area contributed by atoms with E-state index in [4.69, 9.17) is 4.74 Å². The molecule has 0 unspecified atom stereocenters. The molecule has 0 saturated carbocycles. The maximum absolute atomic E-state index is 5.43. The molecule has 3 aromatic carbocycles. The maximum atomic E-state index is 5.43. The minimum absolute atomic E-state index is 0.0554. The molecule has 0 heterocycles. The second-order valence-corrected chi connectivity index (χ2v) is 7.72. The van der Waals surface area contributed by atoms with E-state index in [1.54, 1.807) is 13.2 Å². The van der Waals surface area contributed by atoms with Crippen molar-refractivity contribution in [3.05, 3.63) is 125 Å². The van der Waals surface area contributed by atoms with Gasteiger partial charge in [0, 0.05) is 5.69 Å². The molecule has 0 saturated heterocycles. The van der Waals surface area contributed by atoms with Crippen LogP contribution in [0.25, 0.3) is 11.6 Å². The summed E-state index contributed by atoms with van der Waals surface area (Å²) < 4.78 is 5.43. The van der Waals surface area contributed by atoms with E-state index in [1.165, 1.54) is 27.8 Å². The highest BCUT2D eigenvalue weighted by atomic mass is 16.5. The van der Waals surface area contributed by atoms with Crippen molar-refractivity contribution in [2.75, 3.05) is 12.4 Å². The third-order valence-corrected chi connectivity index (χ3v) is 5.45. The second kappa shape index (κ2) is 10.5. The highest BCUT2D eigenvalue weighted by Crippen LogP contribution is 2.28. The number of rotatable bonds is 8. The SMILES string of the molecule is C=C/C=C(\OC)[C@@H](C)Nc1ccc(/C=C(\c2ccccc2)c2ccc(C)c(C)c2)cc1. The number of allylic oxidation sites excluding steroid dienone is 2. The van der Waals surface area contributed by atoms with Crippen LogP contribution in [0.4, 0.5) is 5.69 Å². The van der Waals surface area contributed by atoms with Gasteiger partial charge < -0.3 is 10.1 Å². The fourth-order valence-electron chi connectivity index (χ4n) is 3.53. The molecule has 0 radical (unpaired) electrons. The van der Waals surface area contributed by atoms with E-state index in [2.05, 4.69) is 112 Å². The molecule has 0 aromatic heterocycles. The summed E-state index contributed by atoms with van der Waals surface area (Å²) >= 11 is 0. The molecule has 3 rings (SSSR count). The quantitative estimate of drug-likeness (QED) is 0.238. The van der Waals surface area contributed by atoms with Crippen LogP contribution in [-0.4, -0.2) is 13.2 Å². The van der Waals surface area contributed by atoms with Crippen LogP contribution in [0.5, 0.6) is 0 Å². The van der Waals surface area contributed by atoms with Crippen LogP contribution < -0.4 is 5.32 Å². The average Bonchev–Trinajstić information content (AvgIpc) is 2.79. The summed E-state index contributed by atoms with van der Waals surface area (Å²) in [5.41, 5.74) is 8.46. The fraction of sp³-hybridized carbons (Fsp3) is 0.172. The predicted octanol–water partition coefficient (Wildman–Crippen LogP) is 7.41. The van der Waals surface area contributed by atoms with Crippen LogP contribution in [0, 0.1) is 13.8 Å². The normalized spacial score (nSPS) is 12.9. The Morgan fingerprint density at radius 2 is 1.61 bits per heavy atom. The summed E-state index contributed by atoms with van der Waals surface area (Å²) in [5.74, 6) is 0.847. The Hall–Kier alpha value is -3.52. The van der Waals surface area contributed by atoms with Gasteiger partial charge in [-0.3, -0.25) is 0 Å². The number of benzene rings is 3. The second-order valence-electron chi connectivity index (χ2n) is 7.72.